The van der Waals surface area contributed by atoms with Crippen LogP contribution in [0.2, 0.25) is 0 Å². The smallest absolute Gasteiger partial charge is 0.313 e. The van der Waals surface area contributed by atoms with Crippen LogP contribution in [0.4, 0.5) is 19.4 Å². The molecular formula is C30H53F5OS. The molecule has 0 unspecified atom stereocenters. The predicted octanol–water partition coefficient (Wildman–Crippen LogP) is 13.3. The molecule has 0 bridgehead atoms. The normalized spacial score (nSPS) is 13.9. The largest absolute Gasteiger partial charge is 0.492 e. The summed E-state index contributed by atoms with van der Waals surface area (Å²) in [4.78, 5) is -1.93. The third kappa shape index (κ3) is 18.8. The minimum atomic E-state index is -9.74. The third-order valence-corrected chi connectivity index (χ3v) is 8.19. The second-order valence-corrected chi connectivity index (χ2v) is 13.1. The number of para-hydroxylation sites is 1. The molecule has 1 rings (SSSR count). The molecule has 0 heterocycles. The Morgan fingerprint density at radius 1 is 0.486 bits per heavy atom. The van der Waals surface area contributed by atoms with Gasteiger partial charge in [-0.2, -0.15) is 0 Å². The molecule has 7 heteroatoms. The maximum Gasteiger partial charge on any atom is 0.313 e. The van der Waals surface area contributed by atoms with Crippen LogP contribution in [0.1, 0.15) is 148 Å². The highest BCUT2D eigenvalue weighted by atomic mass is 32.5. The predicted molar refractivity (Wildman–Crippen MR) is 151 cm³/mol. The van der Waals surface area contributed by atoms with Gasteiger partial charge in [0.25, 0.3) is 0 Å². The van der Waals surface area contributed by atoms with Gasteiger partial charge in [0.15, 0.2) is 0 Å². The van der Waals surface area contributed by atoms with Crippen molar-refractivity contribution in [2.45, 2.75) is 153 Å². The molecule has 0 amide bonds. The topological polar surface area (TPSA) is 9.23 Å². The molecule has 220 valence electrons. The van der Waals surface area contributed by atoms with Crippen LogP contribution in [-0.2, 0) is 0 Å². The lowest BCUT2D eigenvalue weighted by atomic mass is 10.0. The van der Waals surface area contributed by atoms with Crippen molar-refractivity contribution in [1.29, 1.82) is 0 Å². The fraction of sp³-hybridized carbons (Fsp3) is 0.800. The Hall–Kier alpha value is -0.980. The molecule has 37 heavy (non-hydrogen) atoms. The van der Waals surface area contributed by atoms with E-state index in [9.17, 15) is 19.4 Å². The van der Waals surface area contributed by atoms with Gasteiger partial charge in [-0.25, -0.2) is 0 Å². The first kappa shape index (κ1) is 34.0. The van der Waals surface area contributed by atoms with Crippen molar-refractivity contribution in [2.24, 2.45) is 0 Å². The van der Waals surface area contributed by atoms with Gasteiger partial charge in [-0.1, -0.05) is 173 Å². The quantitative estimate of drug-likeness (QED) is 0.0859. The second kappa shape index (κ2) is 17.6. The first-order chi connectivity index (χ1) is 17.5. The number of benzene rings is 1. The van der Waals surface area contributed by atoms with Crippen molar-refractivity contribution in [3.8, 4) is 5.75 Å². The van der Waals surface area contributed by atoms with Crippen LogP contribution in [0.5, 0.6) is 5.75 Å². The lowest BCUT2D eigenvalue weighted by molar-refractivity contribution is 0.286. The zero-order chi connectivity index (χ0) is 27.4. The Morgan fingerprint density at radius 3 is 1.16 bits per heavy atom. The minimum Gasteiger partial charge on any atom is -0.492 e. The molecule has 1 nitrogen and oxygen atoms in total. The number of hydrogen-bond acceptors (Lipinski definition) is 1. The number of rotatable bonds is 25. The molecule has 0 spiro atoms. The molecular weight excluding hydrogens is 503 g/mol. The second-order valence-electron chi connectivity index (χ2n) is 10.7. The van der Waals surface area contributed by atoms with Crippen LogP contribution in [0, 0.1) is 0 Å². The molecule has 0 saturated carbocycles. The minimum absolute atomic E-state index is 0.0178. The lowest BCUT2D eigenvalue weighted by Crippen LogP contribution is -2.09. The molecule has 0 aromatic heterocycles. The Balaban J connectivity index is 1.86. The maximum absolute atomic E-state index is 13.1. The van der Waals surface area contributed by atoms with Crippen LogP contribution in [0.3, 0.4) is 0 Å². The van der Waals surface area contributed by atoms with E-state index in [0.29, 0.717) is 12.5 Å². The van der Waals surface area contributed by atoms with Gasteiger partial charge in [0.05, 0.1) is 6.61 Å². The van der Waals surface area contributed by atoms with Gasteiger partial charge in [-0.05, 0) is 18.6 Å². The Labute approximate surface area is 224 Å². The number of hydrogen-bond donors (Lipinski definition) is 0. The molecule has 0 N–H and O–H groups in total. The van der Waals surface area contributed by atoms with Crippen molar-refractivity contribution in [3.63, 3.8) is 0 Å². The van der Waals surface area contributed by atoms with Crippen molar-refractivity contribution in [3.05, 3.63) is 24.3 Å². The van der Waals surface area contributed by atoms with E-state index in [2.05, 4.69) is 6.92 Å². The molecule has 0 aliphatic carbocycles. The standard InChI is InChI=1S/C30H53F5OS/c1-2-3-4-5-6-7-8-9-10-11-12-13-14-15-16-17-18-19-20-21-22-25-28-36-29-26-23-24-27-30(29)37(31,32,33,34)35/h23-24,26-27H,2-22,25,28H2,1H3. The van der Waals surface area contributed by atoms with Gasteiger partial charge < -0.3 is 4.74 Å². The molecule has 0 aliphatic heterocycles. The Morgan fingerprint density at radius 2 is 0.811 bits per heavy atom. The molecule has 1 aromatic carbocycles. The van der Waals surface area contributed by atoms with Gasteiger partial charge in [-0.3, -0.25) is 0 Å². The van der Waals surface area contributed by atoms with E-state index in [-0.39, 0.29) is 6.61 Å². The average Bonchev–Trinajstić information content (AvgIpc) is 2.83. The molecule has 0 atom stereocenters. The molecule has 0 saturated heterocycles. The summed E-state index contributed by atoms with van der Waals surface area (Å²) < 4.78 is 70.6. The fourth-order valence-corrected chi connectivity index (χ4v) is 5.62. The number of ether oxygens (including phenoxy) is 1. The highest BCUT2D eigenvalue weighted by Crippen LogP contribution is 3.03. The van der Waals surface area contributed by atoms with Crippen LogP contribution >= 0.6 is 10.2 Å². The highest BCUT2D eigenvalue weighted by Gasteiger charge is 2.67. The van der Waals surface area contributed by atoms with E-state index >= 15 is 0 Å². The average molecular weight is 557 g/mol. The summed E-state index contributed by atoms with van der Waals surface area (Å²) in [5.41, 5.74) is 0. The summed E-state index contributed by atoms with van der Waals surface area (Å²) in [5.74, 6) is -0.773. The number of halogens is 5. The van der Waals surface area contributed by atoms with Crippen LogP contribution in [0.25, 0.3) is 0 Å². The van der Waals surface area contributed by atoms with E-state index in [1.54, 1.807) is 0 Å². The molecule has 0 radical (unpaired) electrons. The van der Waals surface area contributed by atoms with Crippen molar-refractivity contribution in [2.75, 3.05) is 6.61 Å². The first-order valence-corrected chi connectivity index (χ1v) is 17.0. The monoisotopic (exact) mass is 556 g/mol. The maximum atomic E-state index is 13.1. The summed E-state index contributed by atoms with van der Waals surface area (Å²) in [5, 5.41) is 0. The molecule has 0 fully saturated rings. The molecule has 1 aromatic rings. The van der Waals surface area contributed by atoms with E-state index in [1.165, 1.54) is 122 Å². The zero-order valence-corrected chi connectivity index (χ0v) is 24.1. The highest BCUT2D eigenvalue weighted by molar-refractivity contribution is 8.45. The van der Waals surface area contributed by atoms with Gasteiger partial charge in [0.1, 0.15) is 10.6 Å². The van der Waals surface area contributed by atoms with Crippen molar-refractivity contribution >= 4 is 10.2 Å². The SMILES string of the molecule is CCCCCCCCCCCCCCCCCCCCCCCCOc1ccccc1S(F)(F)(F)(F)F. The Kier molecular flexibility index (Phi) is 16.2. The molecule has 0 aliphatic rings. The summed E-state index contributed by atoms with van der Waals surface area (Å²) in [6.07, 6.45) is 27.9. The van der Waals surface area contributed by atoms with E-state index in [0.717, 1.165) is 31.4 Å². The number of unbranched alkanes of at least 4 members (excludes halogenated alkanes) is 21. The Bertz CT molecular complexity index is 693. The lowest BCUT2D eigenvalue weighted by Gasteiger charge is -2.41. The van der Waals surface area contributed by atoms with Crippen LogP contribution in [0.15, 0.2) is 29.2 Å². The van der Waals surface area contributed by atoms with E-state index in [4.69, 9.17) is 4.74 Å². The van der Waals surface area contributed by atoms with Crippen LogP contribution < -0.4 is 4.74 Å². The fourth-order valence-electron chi connectivity index (χ4n) is 4.78. The van der Waals surface area contributed by atoms with Gasteiger partial charge in [-0.15, -0.1) is 0 Å². The zero-order valence-electron chi connectivity index (χ0n) is 23.3. The first-order valence-electron chi connectivity index (χ1n) is 15.0. The van der Waals surface area contributed by atoms with Gasteiger partial charge >= 0.3 is 10.2 Å². The van der Waals surface area contributed by atoms with Gasteiger partial charge in [0, 0.05) is 0 Å². The summed E-state index contributed by atoms with van der Waals surface area (Å²) in [6, 6.07) is 3.60. The van der Waals surface area contributed by atoms with Crippen molar-refractivity contribution in [1.82, 2.24) is 0 Å². The van der Waals surface area contributed by atoms with E-state index in [1.807, 2.05) is 0 Å². The van der Waals surface area contributed by atoms with E-state index < -0.39 is 20.9 Å². The summed E-state index contributed by atoms with van der Waals surface area (Å²) in [7, 11) is -9.74. The third-order valence-electron chi connectivity index (χ3n) is 7.02. The summed E-state index contributed by atoms with van der Waals surface area (Å²) in [6.45, 7) is 2.28. The van der Waals surface area contributed by atoms with Gasteiger partial charge in [0.2, 0.25) is 0 Å². The summed E-state index contributed by atoms with van der Waals surface area (Å²) >= 11 is 0. The van der Waals surface area contributed by atoms with Crippen molar-refractivity contribution < 1.29 is 24.2 Å². The van der Waals surface area contributed by atoms with Crippen LogP contribution in [-0.4, -0.2) is 6.61 Å².